The highest BCUT2D eigenvalue weighted by atomic mass is 15.1. The van der Waals surface area contributed by atoms with Gasteiger partial charge in [-0.2, -0.15) is 0 Å². The zero-order valence-electron chi connectivity index (χ0n) is 32.0. The molecule has 0 N–H and O–H groups in total. The van der Waals surface area contributed by atoms with Crippen LogP contribution in [0.15, 0.2) is 206 Å². The zero-order chi connectivity index (χ0) is 38.1. The normalized spacial score (nSPS) is 12.9. The van der Waals surface area contributed by atoms with Gasteiger partial charge in [0.05, 0.1) is 16.7 Å². The van der Waals surface area contributed by atoms with E-state index in [9.17, 15) is 0 Å². The fourth-order valence-corrected chi connectivity index (χ4v) is 9.52. The largest absolute Gasteiger partial charge is 0.310 e. The lowest BCUT2D eigenvalue weighted by Gasteiger charge is -2.29. The molecule has 2 heteroatoms. The predicted molar refractivity (Wildman–Crippen MR) is 241 cm³/mol. The first-order valence-electron chi connectivity index (χ1n) is 19.9. The summed E-state index contributed by atoms with van der Waals surface area (Å²) in [5, 5.41) is 5.04. The molecule has 0 unspecified atom stereocenters. The second kappa shape index (κ2) is 13.0. The summed E-state index contributed by atoms with van der Waals surface area (Å²) in [6, 6.07) is 75.6. The van der Waals surface area contributed by atoms with Gasteiger partial charge in [-0.15, -0.1) is 0 Å². The highest BCUT2D eigenvalue weighted by Gasteiger charge is 2.37. The number of aromatic nitrogens is 1. The van der Waals surface area contributed by atoms with Crippen LogP contribution in [0.5, 0.6) is 0 Å². The predicted octanol–water partition coefficient (Wildman–Crippen LogP) is 15.0. The molecule has 0 spiro atoms. The first-order chi connectivity index (χ1) is 28.1. The van der Waals surface area contributed by atoms with Crippen molar-refractivity contribution in [2.45, 2.75) is 19.3 Å². The Morgan fingerprint density at radius 1 is 0.386 bits per heavy atom. The lowest BCUT2D eigenvalue weighted by molar-refractivity contribution is 0.660. The Hall–Kier alpha value is -7.16. The van der Waals surface area contributed by atoms with Gasteiger partial charge in [-0.3, -0.25) is 0 Å². The summed E-state index contributed by atoms with van der Waals surface area (Å²) in [5.41, 5.74) is 17.1. The first-order valence-corrected chi connectivity index (χ1v) is 19.9. The van der Waals surface area contributed by atoms with Gasteiger partial charge < -0.3 is 9.47 Å². The van der Waals surface area contributed by atoms with Crippen LogP contribution < -0.4 is 4.90 Å². The summed E-state index contributed by atoms with van der Waals surface area (Å²) in [7, 11) is 0. The van der Waals surface area contributed by atoms with Crippen LogP contribution >= 0.6 is 0 Å². The van der Waals surface area contributed by atoms with E-state index in [0.29, 0.717) is 0 Å². The fourth-order valence-electron chi connectivity index (χ4n) is 9.52. The minimum Gasteiger partial charge on any atom is -0.310 e. The van der Waals surface area contributed by atoms with Crippen molar-refractivity contribution < 1.29 is 0 Å². The van der Waals surface area contributed by atoms with Crippen LogP contribution in [-0.4, -0.2) is 4.57 Å². The quantitative estimate of drug-likeness (QED) is 0.165. The third-order valence-corrected chi connectivity index (χ3v) is 12.2. The van der Waals surface area contributed by atoms with Crippen molar-refractivity contribution in [1.29, 1.82) is 0 Å². The summed E-state index contributed by atoms with van der Waals surface area (Å²) in [5.74, 6) is 0. The topological polar surface area (TPSA) is 8.17 Å². The van der Waals surface area contributed by atoms with E-state index in [1.54, 1.807) is 0 Å². The number of anilines is 3. The number of benzene rings is 9. The zero-order valence-corrected chi connectivity index (χ0v) is 32.0. The van der Waals surface area contributed by atoms with Crippen molar-refractivity contribution in [3.05, 3.63) is 217 Å². The van der Waals surface area contributed by atoms with E-state index in [0.717, 1.165) is 22.7 Å². The van der Waals surface area contributed by atoms with Crippen LogP contribution in [0.1, 0.15) is 25.0 Å². The van der Waals surface area contributed by atoms with E-state index in [4.69, 9.17) is 0 Å². The Morgan fingerprint density at radius 2 is 0.895 bits per heavy atom. The molecule has 0 fully saturated rings. The number of hydrogen-bond acceptors (Lipinski definition) is 1. The van der Waals surface area contributed by atoms with E-state index >= 15 is 0 Å². The fraction of sp³-hybridized carbons (Fsp3) is 0.0545. The van der Waals surface area contributed by atoms with Gasteiger partial charge in [0.25, 0.3) is 0 Å². The summed E-state index contributed by atoms with van der Waals surface area (Å²) in [4.78, 5) is 2.43. The Balaban J connectivity index is 1.10. The maximum atomic E-state index is 2.43. The molecular formula is C55H40N2. The molecular weight excluding hydrogens is 689 g/mol. The van der Waals surface area contributed by atoms with Crippen LogP contribution in [0.4, 0.5) is 17.1 Å². The van der Waals surface area contributed by atoms with Crippen LogP contribution in [0.2, 0.25) is 0 Å². The molecule has 0 saturated carbocycles. The minimum atomic E-state index is -0.0867. The highest BCUT2D eigenvalue weighted by molar-refractivity contribution is 6.09. The highest BCUT2D eigenvalue weighted by Crippen LogP contribution is 2.53. The van der Waals surface area contributed by atoms with Gasteiger partial charge in [0.15, 0.2) is 0 Å². The molecule has 11 rings (SSSR count). The SMILES string of the molecule is CC1(C)c2ccccc2-c2c(-c3ccccc3N(c3ccc(-c4cccc5ccccc45)cc3)c3ccc(-n4c5ccccc5c5ccccc54)cc3)cccc21. The molecule has 10 aromatic rings. The average molecular weight is 729 g/mol. The number of nitrogens with zero attached hydrogens (tertiary/aromatic N) is 2. The lowest BCUT2D eigenvalue weighted by Crippen LogP contribution is -2.14. The van der Waals surface area contributed by atoms with Gasteiger partial charge in [-0.05, 0) is 104 Å². The Morgan fingerprint density at radius 3 is 1.63 bits per heavy atom. The third-order valence-electron chi connectivity index (χ3n) is 12.2. The van der Waals surface area contributed by atoms with Crippen molar-refractivity contribution in [2.24, 2.45) is 0 Å². The second-order valence-corrected chi connectivity index (χ2v) is 15.7. The number of fused-ring (bicyclic) bond motifs is 7. The number of hydrogen-bond donors (Lipinski definition) is 0. The molecule has 0 aliphatic heterocycles. The maximum absolute atomic E-state index is 2.43. The molecule has 1 aliphatic carbocycles. The second-order valence-electron chi connectivity index (χ2n) is 15.7. The van der Waals surface area contributed by atoms with E-state index in [1.807, 2.05) is 0 Å². The first kappa shape index (κ1) is 33.2. The van der Waals surface area contributed by atoms with E-state index in [2.05, 4.69) is 230 Å². The van der Waals surface area contributed by atoms with Gasteiger partial charge in [0.2, 0.25) is 0 Å². The summed E-state index contributed by atoms with van der Waals surface area (Å²) < 4.78 is 2.39. The summed E-state index contributed by atoms with van der Waals surface area (Å²) >= 11 is 0. The average Bonchev–Trinajstić information content (AvgIpc) is 3.73. The molecule has 0 saturated heterocycles. The van der Waals surface area contributed by atoms with Crippen molar-refractivity contribution in [1.82, 2.24) is 4.57 Å². The van der Waals surface area contributed by atoms with Crippen LogP contribution in [0, 0.1) is 0 Å². The third kappa shape index (κ3) is 5.18. The molecule has 1 heterocycles. The molecule has 270 valence electrons. The van der Waals surface area contributed by atoms with E-state index in [-0.39, 0.29) is 5.41 Å². The molecule has 2 nitrogen and oxygen atoms in total. The smallest absolute Gasteiger partial charge is 0.0541 e. The van der Waals surface area contributed by atoms with Crippen LogP contribution in [-0.2, 0) is 5.41 Å². The van der Waals surface area contributed by atoms with Crippen molar-refractivity contribution in [3.63, 3.8) is 0 Å². The molecule has 1 aliphatic rings. The minimum absolute atomic E-state index is 0.0867. The standard InChI is InChI=1S/C55H40N2/c1-55(2)49-24-9-5-21-48(49)54-47(23-14-25-50(54)55)46-20-8-10-26-51(46)56(39-31-29-38(30-32-39)43-22-13-16-37-15-3-4-17-42(37)43)40-33-35-41(36-34-40)57-52-27-11-6-18-44(52)45-19-7-12-28-53(45)57/h3-36H,1-2H3. The monoisotopic (exact) mass is 728 g/mol. The molecule has 0 radical (unpaired) electrons. The van der Waals surface area contributed by atoms with Crippen molar-refractivity contribution in [3.8, 4) is 39.1 Å². The number of rotatable bonds is 6. The Bertz CT molecular complexity index is 3090. The van der Waals surface area contributed by atoms with Gasteiger partial charge in [-0.25, -0.2) is 0 Å². The van der Waals surface area contributed by atoms with Crippen molar-refractivity contribution >= 4 is 49.6 Å². The maximum Gasteiger partial charge on any atom is 0.0541 e. The van der Waals surface area contributed by atoms with Gasteiger partial charge in [0.1, 0.15) is 0 Å². The summed E-state index contributed by atoms with van der Waals surface area (Å²) in [6.07, 6.45) is 0. The summed E-state index contributed by atoms with van der Waals surface area (Å²) in [6.45, 7) is 4.71. The van der Waals surface area contributed by atoms with E-state index in [1.165, 1.54) is 77.1 Å². The molecule has 0 amide bonds. The van der Waals surface area contributed by atoms with Gasteiger partial charge >= 0.3 is 0 Å². The Labute approximate surface area is 333 Å². The van der Waals surface area contributed by atoms with Crippen molar-refractivity contribution in [2.75, 3.05) is 4.90 Å². The van der Waals surface area contributed by atoms with E-state index < -0.39 is 0 Å². The lowest BCUT2D eigenvalue weighted by atomic mass is 9.82. The van der Waals surface area contributed by atoms with Gasteiger partial charge in [0, 0.05) is 38.8 Å². The molecule has 0 atom stereocenters. The molecule has 57 heavy (non-hydrogen) atoms. The van der Waals surface area contributed by atoms with Crippen LogP contribution in [0.25, 0.3) is 71.6 Å². The Kier molecular flexibility index (Phi) is 7.55. The molecule has 1 aromatic heterocycles. The van der Waals surface area contributed by atoms with Gasteiger partial charge in [-0.1, -0.05) is 166 Å². The molecule has 9 aromatic carbocycles. The molecule has 0 bridgehead atoms. The number of para-hydroxylation sites is 3. The van der Waals surface area contributed by atoms with Crippen LogP contribution in [0.3, 0.4) is 0 Å².